The van der Waals surface area contributed by atoms with Gasteiger partial charge in [0.2, 0.25) is 5.82 Å². The fraction of sp³-hybridized carbons (Fsp3) is 0.0333. The van der Waals surface area contributed by atoms with Crippen LogP contribution in [0.4, 0.5) is 4.39 Å². The third-order valence-electron chi connectivity index (χ3n) is 6.02. The Hall–Kier alpha value is -4.75. The van der Waals surface area contributed by atoms with Crippen molar-refractivity contribution in [3.63, 3.8) is 0 Å². The lowest BCUT2D eigenvalue weighted by Crippen LogP contribution is -2.20. The molecule has 8 heteroatoms. The first-order valence-electron chi connectivity index (χ1n) is 11.8. The molecule has 6 aromatic rings. The number of rotatable bonds is 6. The van der Waals surface area contributed by atoms with Crippen molar-refractivity contribution in [2.24, 2.45) is 5.10 Å². The molecule has 0 radical (unpaired) electrons. The Bertz CT molecular complexity index is 1890. The predicted molar refractivity (Wildman–Crippen MR) is 146 cm³/mol. The number of furan rings is 1. The van der Waals surface area contributed by atoms with Crippen molar-refractivity contribution in [3.8, 4) is 17.3 Å². The summed E-state index contributed by atoms with van der Waals surface area (Å²) < 4.78 is 27.2. The normalized spacial score (nSPS) is 11.5. The van der Waals surface area contributed by atoms with Gasteiger partial charge in [0.25, 0.3) is 5.56 Å². The van der Waals surface area contributed by atoms with Gasteiger partial charge < -0.3 is 9.15 Å². The highest BCUT2D eigenvalue weighted by Gasteiger charge is 2.17. The van der Waals surface area contributed by atoms with E-state index in [0.29, 0.717) is 44.1 Å². The summed E-state index contributed by atoms with van der Waals surface area (Å²) in [6.45, 7) is 0.0435. The van der Waals surface area contributed by atoms with Gasteiger partial charge in [-0.1, -0.05) is 54.1 Å². The average Bonchev–Trinajstić information content (AvgIpc) is 3.35. The predicted octanol–water partition coefficient (Wildman–Crippen LogP) is 7.06. The highest BCUT2D eigenvalue weighted by Crippen LogP contribution is 2.29. The van der Waals surface area contributed by atoms with Crippen LogP contribution in [0.5, 0.6) is 5.75 Å². The lowest BCUT2D eigenvalue weighted by Gasteiger charge is -2.10. The fourth-order valence-electron chi connectivity index (χ4n) is 4.12. The topological polar surface area (TPSA) is 69.6 Å². The summed E-state index contributed by atoms with van der Waals surface area (Å²) in [4.78, 5) is 18.2. The Morgan fingerprint density at radius 2 is 1.76 bits per heavy atom. The molecule has 0 aliphatic carbocycles. The molecule has 6 rings (SSSR count). The van der Waals surface area contributed by atoms with Crippen molar-refractivity contribution in [1.82, 2.24) is 9.66 Å². The van der Waals surface area contributed by atoms with Crippen LogP contribution in [0.25, 0.3) is 33.5 Å². The lowest BCUT2D eigenvalue weighted by molar-refractivity contribution is 0.299. The van der Waals surface area contributed by atoms with Crippen LogP contribution in [0.2, 0.25) is 5.02 Å². The summed E-state index contributed by atoms with van der Waals surface area (Å²) in [7, 11) is 0. The van der Waals surface area contributed by atoms with E-state index in [1.807, 2.05) is 18.2 Å². The molecule has 0 atom stereocenters. The summed E-state index contributed by atoms with van der Waals surface area (Å²) >= 11 is 6.15. The average molecular weight is 524 g/mol. The largest absolute Gasteiger partial charge is 0.488 e. The molecule has 0 aliphatic rings. The minimum atomic E-state index is -0.356. The van der Waals surface area contributed by atoms with E-state index in [2.05, 4.69) is 5.10 Å². The molecule has 0 saturated carbocycles. The second-order valence-corrected chi connectivity index (χ2v) is 8.96. The van der Waals surface area contributed by atoms with Gasteiger partial charge in [0.15, 0.2) is 5.76 Å². The van der Waals surface area contributed by atoms with E-state index < -0.39 is 0 Å². The molecule has 0 saturated heterocycles. The molecule has 2 aromatic heterocycles. The zero-order valence-electron chi connectivity index (χ0n) is 19.8. The van der Waals surface area contributed by atoms with Gasteiger partial charge >= 0.3 is 0 Å². The first-order chi connectivity index (χ1) is 18.6. The molecule has 0 amide bonds. The molecule has 0 unspecified atom stereocenters. The SMILES string of the molecule is O=c1c2ccccc2nc(-c2cc3cc(Cl)ccc3o2)n1N=Cc1ccccc1OCc1ccccc1F. The van der Waals surface area contributed by atoms with E-state index in [1.165, 1.54) is 17.0 Å². The van der Waals surface area contributed by atoms with Gasteiger partial charge in [0, 0.05) is 21.5 Å². The van der Waals surface area contributed by atoms with Gasteiger partial charge in [-0.05, 0) is 54.6 Å². The second-order valence-electron chi connectivity index (χ2n) is 8.52. The third-order valence-corrected chi connectivity index (χ3v) is 6.26. The third kappa shape index (κ3) is 4.55. The Morgan fingerprint density at radius 1 is 0.974 bits per heavy atom. The van der Waals surface area contributed by atoms with Crippen LogP contribution >= 0.6 is 11.6 Å². The van der Waals surface area contributed by atoms with Crippen molar-refractivity contribution in [1.29, 1.82) is 0 Å². The van der Waals surface area contributed by atoms with Gasteiger partial charge in [0.1, 0.15) is 23.8 Å². The summed E-state index contributed by atoms with van der Waals surface area (Å²) in [6, 6.07) is 27.7. The standard InChI is InChI=1S/C30H19ClFN3O3/c31-22-13-14-27-21(15-22)16-28(38-27)29-34-25-11-5-3-9-23(25)30(36)35(29)33-17-19-7-2-6-12-26(19)37-18-20-8-1-4-10-24(20)32/h1-17H,18H2. The quantitative estimate of drug-likeness (QED) is 0.219. The number of para-hydroxylation sites is 2. The van der Waals surface area contributed by atoms with Crippen molar-refractivity contribution >= 4 is 39.7 Å². The molecule has 6 nitrogen and oxygen atoms in total. The van der Waals surface area contributed by atoms with E-state index in [0.717, 1.165) is 5.39 Å². The Balaban J connectivity index is 1.43. The Kier molecular flexibility index (Phi) is 6.19. The Morgan fingerprint density at radius 3 is 2.66 bits per heavy atom. The Labute approximate surface area is 221 Å². The monoisotopic (exact) mass is 523 g/mol. The molecule has 38 heavy (non-hydrogen) atoms. The molecular weight excluding hydrogens is 505 g/mol. The van der Waals surface area contributed by atoms with Crippen molar-refractivity contribution in [2.45, 2.75) is 6.61 Å². The maximum Gasteiger partial charge on any atom is 0.282 e. The second kappa shape index (κ2) is 9.95. The molecule has 0 spiro atoms. The van der Waals surface area contributed by atoms with Crippen LogP contribution in [0.1, 0.15) is 11.1 Å². The molecule has 0 aliphatic heterocycles. The van der Waals surface area contributed by atoms with E-state index in [9.17, 15) is 9.18 Å². The van der Waals surface area contributed by atoms with Crippen molar-refractivity contribution in [3.05, 3.63) is 129 Å². The molecule has 0 bridgehead atoms. The molecule has 4 aromatic carbocycles. The van der Waals surface area contributed by atoms with Gasteiger partial charge in [-0.3, -0.25) is 4.79 Å². The van der Waals surface area contributed by atoms with Crippen LogP contribution in [-0.4, -0.2) is 15.9 Å². The smallest absolute Gasteiger partial charge is 0.282 e. The van der Waals surface area contributed by atoms with Crippen LogP contribution in [-0.2, 0) is 6.61 Å². The minimum Gasteiger partial charge on any atom is -0.488 e. The van der Waals surface area contributed by atoms with Crippen LogP contribution in [0.3, 0.4) is 0 Å². The van der Waals surface area contributed by atoms with E-state index >= 15 is 0 Å². The lowest BCUT2D eigenvalue weighted by atomic mass is 10.2. The number of fused-ring (bicyclic) bond motifs is 2. The van der Waals surface area contributed by atoms with Crippen molar-refractivity contribution in [2.75, 3.05) is 0 Å². The molecule has 2 heterocycles. The van der Waals surface area contributed by atoms with E-state index in [4.69, 9.17) is 25.7 Å². The molecule has 0 N–H and O–H groups in total. The number of halogens is 2. The van der Waals surface area contributed by atoms with E-state index in [-0.39, 0.29) is 23.8 Å². The summed E-state index contributed by atoms with van der Waals surface area (Å²) in [6.07, 6.45) is 1.51. The zero-order chi connectivity index (χ0) is 26.1. The number of benzene rings is 4. The highest BCUT2D eigenvalue weighted by molar-refractivity contribution is 6.31. The van der Waals surface area contributed by atoms with Gasteiger partial charge in [0.05, 0.1) is 17.1 Å². The maximum absolute atomic E-state index is 14.1. The highest BCUT2D eigenvalue weighted by atomic mass is 35.5. The fourth-order valence-corrected chi connectivity index (χ4v) is 4.30. The summed E-state index contributed by atoms with van der Waals surface area (Å²) in [5.41, 5.74) is 1.80. The summed E-state index contributed by atoms with van der Waals surface area (Å²) in [5.74, 6) is 0.749. The first-order valence-corrected chi connectivity index (χ1v) is 12.2. The maximum atomic E-state index is 14.1. The van der Waals surface area contributed by atoms with Gasteiger partial charge in [-0.15, -0.1) is 0 Å². The number of nitrogens with zero attached hydrogens (tertiary/aromatic N) is 3. The number of hydrogen-bond donors (Lipinski definition) is 0. The van der Waals surface area contributed by atoms with E-state index in [1.54, 1.807) is 72.8 Å². The van der Waals surface area contributed by atoms with Gasteiger partial charge in [-0.25, -0.2) is 9.37 Å². The molecule has 186 valence electrons. The number of hydrogen-bond acceptors (Lipinski definition) is 5. The van der Waals surface area contributed by atoms with Crippen molar-refractivity contribution < 1.29 is 13.5 Å². The summed E-state index contributed by atoms with van der Waals surface area (Å²) in [5, 5.41) is 6.26. The van der Waals surface area contributed by atoms with Crippen LogP contribution < -0.4 is 10.3 Å². The molecular formula is C30H19ClFN3O3. The zero-order valence-corrected chi connectivity index (χ0v) is 20.6. The molecule has 0 fully saturated rings. The number of ether oxygens (including phenoxy) is 1. The van der Waals surface area contributed by atoms with Crippen LogP contribution in [0.15, 0.2) is 111 Å². The van der Waals surface area contributed by atoms with Gasteiger partial charge in [-0.2, -0.15) is 9.78 Å². The number of aromatic nitrogens is 2. The van der Waals surface area contributed by atoms with Crippen LogP contribution in [0, 0.1) is 5.82 Å². The minimum absolute atomic E-state index is 0.0435. The first kappa shape index (κ1) is 23.6.